The molecule has 3 N–H and O–H groups in total. The summed E-state index contributed by atoms with van der Waals surface area (Å²) in [6, 6.07) is 10.8. The Morgan fingerprint density at radius 1 is 0.955 bits per heavy atom. The van der Waals surface area contributed by atoms with E-state index in [4.69, 9.17) is 9.72 Å². The summed E-state index contributed by atoms with van der Waals surface area (Å²) in [5.74, 6) is 0.990. The normalized spacial score (nSPS) is 14.1. The first-order valence-corrected chi connectivity index (χ1v) is 15.0. The molecule has 1 saturated carbocycles. The summed E-state index contributed by atoms with van der Waals surface area (Å²) < 4.78 is 20.9. The van der Waals surface area contributed by atoms with Gasteiger partial charge >= 0.3 is 0 Å². The van der Waals surface area contributed by atoms with Gasteiger partial charge in [0.2, 0.25) is 0 Å². The van der Waals surface area contributed by atoms with Gasteiger partial charge in [0.1, 0.15) is 22.8 Å². The van der Waals surface area contributed by atoms with Gasteiger partial charge in [-0.15, -0.1) is 0 Å². The number of fused-ring (bicyclic) bond motifs is 2. The van der Waals surface area contributed by atoms with Crippen LogP contribution >= 0.6 is 0 Å². The van der Waals surface area contributed by atoms with Crippen LogP contribution in [0.3, 0.4) is 0 Å². The highest BCUT2D eigenvalue weighted by Gasteiger charge is 2.19. The number of ether oxygens (including phenoxy) is 1. The minimum atomic E-state index is -0.344. The highest BCUT2D eigenvalue weighted by atomic mass is 19.1. The molecule has 0 radical (unpaired) electrons. The van der Waals surface area contributed by atoms with Gasteiger partial charge in [-0.3, -0.25) is 15.1 Å². The zero-order valence-electron chi connectivity index (χ0n) is 24.8. The van der Waals surface area contributed by atoms with Crippen molar-refractivity contribution in [2.45, 2.75) is 38.2 Å². The van der Waals surface area contributed by atoms with Crippen molar-refractivity contribution in [3.05, 3.63) is 67.0 Å². The molecule has 0 atom stereocenters. The van der Waals surface area contributed by atoms with Crippen LogP contribution in [-0.2, 0) is 0 Å². The molecule has 0 bridgehead atoms. The molecule has 1 fully saturated rings. The van der Waals surface area contributed by atoms with Crippen molar-refractivity contribution in [3.63, 3.8) is 0 Å². The number of rotatable bonds is 9. The molecule has 0 saturated heterocycles. The summed E-state index contributed by atoms with van der Waals surface area (Å²) in [6.45, 7) is 1.52. The number of hydrogen-bond acceptors (Lipinski definition) is 8. The Labute approximate surface area is 254 Å². The number of anilines is 1. The van der Waals surface area contributed by atoms with E-state index in [1.165, 1.54) is 31.4 Å². The van der Waals surface area contributed by atoms with E-state index in [-0.39, 0.29) is 11.9 Å². The van der Waals surface area contributed by atoms with Crippen LogP contribution in [0.25, 0.3) is 56.0 Å². The van der Waals surface area contributed by atoms with Gasteiger partial charge in [0.05, 0.1) is 28.9 Å². The maximum atomic E-state index is 14.7. The van der Waals surface area contributed by atoms with Crippen LogP contribution in [0.5, 0.6) is 5.75 Å². The van der Waals surface area contributed by atoms with Crippen molar-refractivity contribution in [2.75, 3.05) is 32.5 Å². The SMILES string of the molecule is CN(C)CCNc1cc(F)cc(-c2nccc3[nH]c(-c4n[nH]c5ncc(-c6cncc(OC7CCCCC7)c6)cc45)nc23)c1. The lowest BCUT2D eigenvalue weighted by molar-refractivity contribution is 0.154. The Balaban J connectivity index is 1.21. The maximum absolute atomic E-state index is 14.7. The summed E-state index contributed by atoms with van der Waals surface area (Å²) in [4.78, 5) is 24.0. The van der Waals surface area contributed by atoms with Crippen molar-refractivity contribution in [1.82, 2.24) is 40.0 Å². The first-order valence-electron chi connectivity index (χ1n) is 15.0. The number of aromatic nitrogens is 7. The number of nitrogens with one attached hydrogen (secondary N) is 3. The van der Waals surface area contributed by atoms with Crippen molar-refractivity contribution in [2.24, 2.45) is 0 Å². The first-order chi connectivity index (χ1) is 21.5. The van der Waals surface area contributed by atoms with E-state index in [9.17, 15) is 4.39 Å². The number of imidazole rings is 1. The summed E-state index contributed by atoms with van der Waals surface area (Å²) in [5.41, 5.74) is 6.40. The van der Waals surface area contributed by atoms with Crippen molar-refractivity contribution in [1.29, 1.82) is 0 Å². The third kappa shape index (κ3) is 5.83. The Bertz CT molecular complexity index is 1930. The number of likely N-dealkylation sites (N-methyl/N-ethyl adjacent to an activating group) is 1. The molecule has 10 nitrogen and oxygen atoms in total. The second-order valence-corrected chi connectivity index (χ2v) is 11.6. The summed E-state index contributed by atoms with van der Waals surface area (Å²) in [6.07, 6.45) is 13.2. The molecule has 7 rings (SSSR count). The zero-order valence-corrected chi connectivity index (χ0v) is 24.8. The van der Waals surface area contributed by atoms with Gasteiger partial charge in [-0.05, 0) is 76.2 Å². The number of pyridine rings is 3. The fraction of sp³-hybridized carbons (Fsp3) is 0.303. The molecule has 1 aromatic carbocycles. The molecule has 0 unspecified atom stereocenters. The van der Waals surface area contributed by atoms with Crippen molar-refractivity contribution >= 4 is 27.8 Å². The molecule has 0 aliphatic heterocycles. The Kier molecular flexibility index (Phi) is 7.61. The second kappa shape index (κ2) is 12.0. The number of halogens is 1. The van der Waals surface area contributed by atoms with E-state index in [1.807, 2.05) is 44.6 Å². The van der Waals surface area contributed by atoms with Gasteiger partial charge in [-0.1, -0.05) is 6.42 Å². The van der Waals surface area contributed by atoms with Crippen LogP contribution in [0.4, 0.5) is 10.1 Å². The lowest BCUT2D eigenvalue weighted by Crippen LogP contribution is -2.20. The lowest BCUT2D eigenvalue weighted by atomic mass is 9.98. The van der Waals surface area contributed by atoms with Gasteiger partial charge in [-0.2, -0.15) is 5.10 Å². The molecule has 44 heavy (non-hydrogen) atoms. The predicted octanol–water partition coefficient (Wildman–Crippen LogP) is 6.45. The van der Waals surface area contributed by atoms with Gasteiger partial charge in [0, 0.05) is 54.1 Å². The molecule has 1 aliphatic carbocycles. The molecule has 6 aromatic rings. The fourth-order valence-electron chi connectivity index (χ4n) is 5.77. The van der Waals surface area contributed by atoms with Gasteiger partial charge < -0.3 is 19.9 Å². The fourth-order valence-corrected chi connectivity index (χ4v) is 5.77. The number of aromatic amines is 2. The van der Waals surface area contributed by atoms with Gasteiger partial charge in [0.15, 0.2) is 11.5 Å². The van der Waals surface area contributed by atoms with E-state index in [1.54, 1.807) is 18.6 Å². The average molecular weight is 592 g/mol. The first kappa shape index (κ1) is 27.9. The largest absolute Gasteiger partial charge is 0.489 e. The van der Waals surface area contributed by atoms with Crippen LogP contribution in [0.1, 0.15) is 32.1 Å². The Morgan fingerprint density at radius 3 is 2.68 bits per heavy atom. The van der Waals surface area contributed by atoms with Crippen LogP contribution in [0.15, 0.2) is 61.2 Å². The number of H-pyrrole nitrogens is 2. The molecule has 5 heterocycles. The lowest BCUT2D eigenvalue weighted by Gasteiger charge is -2.23. The maximum Gasteiger partial charge on any atom is 0.159 e. The summed E-state index contributed by atoms with van der Waals surface area (Å²) >= 11 is 0. The van der Waals surface area contributed by atoms with E-state index in [2.05, 4.69) is 40.3 Å². The highest BCUT2D eigenvalue weighted by molar-refractivity contribution is 5.96. The minimum absolute atomic E-state index is 0.243. The Morgan fingerprint density at radius 2 is 1.82 bits per heavy atom. The highest BCUT2D eigenvalue weighted by Crippen LogP contribution is 2.33. The van der Waals surface area contributed by atoms with Crippen molar-refractivity contribution in [3.8, 4) is 39.7 Å². The number of hydrogen-bond donors (Lipinski definition) is 3. The number of nitrogens with zero attached hydrogens (tertiary/aromatic N) is 6. The third-order valence-corrected chi connectivity index (χ3v) is 8.00. The molecule has 0 amide bonds. The van der Waals surface area contributed by atoms with Crippen molar-refractivity contribution < 1.29 is 9.13 Å². The summed E-state index contributed by atoms with van der Waals surface area (Å²) in [7, 11) is 4.00. The van der Waals surface area contributed by atoms with Crippen LogP contribution in [0.2, 0.25) is 0 Å². The van der Waals surface area contributed by atoms with Gasteiger partial charge in [0.25, 0.3) is 0 Å². The summed E-state index contributed by atoms with van der Waals surface area (Å²) in [5, 5.41) is 11.7. The third-order valence-electron chi connectivity index (χ3n) is 8.00. The Hall–Kier alpha value is -4.90. The molecule has 224 valence electrons. The molecule has 0 spiro atoms. The van der Waals surface area contributed by atoms with E-state index >= 15 is 0 Å². The van der Waals surface area contributed by atoms with E-state index in [0.717, 1.165) is 47.2 Å². The average Bonchev–Trinajstić information content (AvgIpc) is 3.65. The van der Waals surface area contributed by atoms with Crippen LogP contribution < -0.4 is 10.1 Å². The smallest absolute Gasteiger partial charge is 0.159 e. The molecular weight excluding hydrogens is 557 g/mol. The minimum Gasteiger partial charge on any atom is -0.489 e. The zero-order chi connectivity index (χ0) is 30.0. The molecular formula is C33H34FN9O. The topological polar surface area (TPSA) is 121 Å². The van der Waals surface area contributed by atoms with Crippen LogP contribution in [-0.4, -0.2) is 73.3 Å². The standard InChI is InChI=1S/C33H34FN9O/c1-43(2)11-10-36-24-13-20(12-23(34)16-24)29-31-28(8-9-37-29)39-33(40-31)30-27-15-22(18-38-32(27)42-41-30)21-14-26(19-35-17-21)44-25-6-4-3-5-7-25/h8-9,12-19,25,36H,3-7,10-11H2,1-2H3,(H,39,40)(H,38,41,42). The molecule has 1 aliphatic rings. The van der Waals surface area contributed by atoms with Gasteiger partial charge in [-0.25, -0.2) is 14.4 Å². The van der Waals surface area contributed by atoms with Crippen LogP contribution in [0, 0.1) is 5.82 Å². The monoisotopic (exact) mass is 591 g/mol. The number of benzene rings is 1. The molecule has 5 aromatic heterocycles. The predicted molar refractivity (Wildman–Crippen MR) is 170 cm³/mol. The quantitative estimate of drug-likeness (QED) is 0.175. The van der Waals surface area contributed by atoms with E-state index < -0.39 is 0 Å². The van der Waals surface area contributed by atoms with E-state index in [0.29, 0.717) is 46.2 Å². The second-order valence-electron chi connectivity index (χ2n) is 11.6. The molecule has 11 heteroatoms.